The van der Waals surface area contributed by atoms with Crippen molar-refractivity contribution in [3.05, 3.63) is 34.9 Å². The third kappa shape index (κ3) is 3.37. The summed E-state index contributed by atoms with van der Waals surface area (Å²) in [6.45, 7) is 0. The zero-order chi connectivity index (χ0) is 12.4. The van der Waals surface area contributed by atoms with E-state index in [0.29, 0.717) is 6.04 Å². The summed E-state index contributed by atoms with van der Waals surface area (Å²) in [6, 6.07) is 8.54. The van der Waals surface area contributed by atoms with E-state index < -0.39 is 0 Å². The van der Waals surface area contributed by atoms with Gasteiger partial charge in [-0.1, -0.05) is 46.8 Å². The molecule has 0 aliphatic heterocycles. The van der Waals surface area contributed by atoms with Crippen molar-refractivity contribution in [2.24, 2.45) is 0 Å². The molecular formula is C12H12ClN3S2. The van der Waals surface area contributed by atoms with Crippen LogP contribution in [0.25, 0.3) is 0 Å². The van der Waals surface area contributed by atoms with E-state index in [-0.39, 0.29) is 0 Å². The van der Waals surface area contributed by atoms with E-state index >= 15 is 0 Å². The maximum Gasteiger partial charge on any atom is 0.206 e. The maximum atomic E-state index is 5.85. The topological polar surface area (TPSA) is 37.8 Å². The van der Waals surface area contributed by atoms with Gasteiger partial charge in [0.25, 0.3) is 0 Å². The molecule has 1 aromatic heterocycles. The molecule has 0 saturated heterocycles. The minimum atomic E-state index is 0.632. The SMILES string of the molecule is Clc1ccc(CSc2nnc(NC3CC3)s2)cc1. The van der Waals surface area contributed by atoms with Crippen molar-refractivity contribution in [3.8, 4) is 0 Å². The lowest BCUT2D eigenvalue weighted by Crippen LogP contribution is -1.99. The molecule has 1 aromatic carbocycles. The smallest absolute Gasteiger partial charge is 0.206 e. The molecule has 18 heavy (non-hydrogen) atoms. The molecule has 3 nitrogen and oxygen atoms in total. The summed E-state index contributed by atoms with van der Waals surface area (Å²) >= 11 is 9.19. The molecule has 0 atom stereocenters. The first-order valence-electron chi connectivity index (χ1n) is 5.77. The molecule has 1 heterocycles. The molecular weight excluding hydrogens is 286 g/mol. The fraction of sp³-hybridized carbons (Fsp3) is 0.333. The van der Waals surface area contributed by atoms with Gasteiger partial charge in [0.1, 0.15) is 0 Å². The van der Waals surface area contributed by atoms with Crippen molar-refractivity contribution in [2.45, 2.75) is 29.0 Å². The molecule has 0 amide bonds. The van der Waals surface area contributed by atoms with Crippen LogP contribution in [0.15, 0.2) is 28.6 Å². The van der Waals surface area contributed by atoms with E-state index in [1.807, 2.05) is 24.3 Å². The van der Waals surface area contributed by atoms with Gasteiger partial charge in [-0.15, -0.1) is 10.2 Å². The van der Waals surface area contributed by atoms with Crippen LogP contribution in [0.1, 0.15) is 18.4 Å². The second-order valence-electron chi connectivity index (χ2n) is 4.21. The highest BCUT2D eigenvalue weighted by Crippen LogP contribution is 2.31. The second kappa shape index (κ2) is 5.47. The van der Waals surface area contributed by atoms with Crippen LogP contribution >= 0.6 is 34.7 Å². The molecule has 1 fully saturated rings. The fourth-order valence-corrected chi connectivity index (χ4v) is 3.37. The highest BCUT2D eigenvalue weighted by atomic mass is 35.5. The molecule has 2 aromatic rings. The Balaban J connectivity index is 1.55. The quantitative estimate of drug-likeness (QED) is 0.845. The van der Waals surface area contributed by atoms with Crippen molar-refractivity contribution in [3.63, 3.8) is 0 Å². The molecule has 6 heteroatoms. The Morgan fingerprint density at radius 1 is 1.28 bits per heavy atom. The first-order valence-corrected chi connectivity index (χ1v) is 7.95. The van der Waals surface area contributed by atoms with Crippen LogP contribution in [0.4, 0.5) is 5.13 Å². The lowest BCUT2D eigenvalue weighted by molar-refractivity contribution is 0.994. The molecule has 0 unspecified atom stereocenters. The van der Waals surface area contributed by atoms with Gasteiger partial charge < -0.3 is 5.32 Å². The number of hydrogen-bond acceptors (Lipinski definition) is 5. The summed E-state index contributed by atoms with van der Waals surface area (Å²) in [5.41, 5.74) is 1.25. The molecule has 3 rings (SSSR count). The van der Waals surface area contributed by atoms with Crippen molar-refractivity contribution >= 4 is 39.8 Å². The van der Waals surface area contributed by atoms with E-state index in [0.717, 1.165) is 20.2 Å². The molecule has 1 aliphatic carbocycles. The van der Waals surface area contributed by atoms with E-state index in [1.165, 1.54) is 18.4 Å². The second-order valence-corrected chi connectivity index (χ2v) is 6.84. The summed E-state index contributed by atoms with van der Waals surface area (Å²) in [5, 5.41) is 13.4. The average molecular weight is 298 g/mol. The van der Waals surface area contributed by atoms with E-state index in [4.69, 9.17) is 11.6 Å². The number of anilines is 1. The Morgan fingerprint density at radius 3 is 2.78 bits per heavy atom. The van der Waals surface area contributed by atoms with Gasteiger partial charge in [-0.25, -0.2) is 0 Å². The number of hydrogen-bond donors (Lipinski definition) is 1. The van der Waals surface area contributed by atoms with Crippen LogP contribution in [0.2, 0.25) is 5.02 Å². The number of benzene rings is 1. The van der Waals surface area contributed by atoms with Crippen molar-refractivity contribution < 1.29 is 0 Å². The lowest BCUT2D eigenvalue weighted by atomic mass is 10.2. The van der Waals surface area contributed by atoms with Crippen LogP contribution in [0.5, 0.6) is 0 Å². The number of nitrogens with zero attached hydrogens (tertiary/aromatic N) is 2. The number of rotatable bonds is 5. The zero-order valence-electron chi connectivity index (χ0n) is 9.60. The van der Waals surface area contributed by atoms with Crippen molar-refractivity contribution in [2.75, 3.05) is 5.32 Å². The standard InChI is InChI=1S/C12H12ClN3S2/c13-9-3-1-8(2-4-9)7-17-12-16-15-11(18-12)14-10-5-6-10/h1-4,10H,5-7H2,(H,14,15). The van der Waals surface area contributed by atoms with Crippen molar-refractivity contribution in [1.82, 2.24) is 10.2 Å². The molecule has 0 spiro atoms. The monoisotopic (exact) mass is 297 g/mol. The summed E-state index contributed by atoms with van der Waals surface area (Å²) < 4.78 is 1.01. The Morgan fingerprint density at radius 2 is 2.06 bits per heavy atom. The molecule has 0 radical (unpaired) electrons. The van der Waals surface area contributed by atoms with Crippen LogP contribution < -0.4 is 5.32 Å². The van der Waals surface area contributed by atoms with E-state index in [1.54, 1.807) is 23.1 Å². The van der Waals surface area contributed by atoms with Gasteiger partial charge in [-0.2, -0.15) is 0 Å². The summed E-state index contributed by atoms with van der Waals surface area (Å²) in [5.74, 6) is 0.898. The summed E-state index contributed by atoms with van der Waals surface area (Å²) in [6.07, 6.45) is 2.51. The predicted molar refractivity (Wildman–Crippen MR) is 77.6 cm³/mol. The van der Waals surface area contributed by atoms with Crippen molar-refractivity contribution in [1.29, 1.82) is 0 Å². The highest BCUT2D eigenvalue weighted by Gasteiger charge is 2.22. The van der Waals surface area contributed by atoms with E-state index in [9.17, 15) is 0 Å². The minimum absolute atomic E-state index is 0.632. The third-order valence-corrected chi connectivity index (χ3v) is 4.90. The zero-order valence-corrected chi connectivity index (χ0v) is 12.0. The minimum Gasteiger partial charge on any atom is -0.357 e. The predicted octanol–water partition coefficient (Wildman–Crippen LogP) is 4.06. The molecule has 0 bridgehead atoms. The van der Waals surface area contributed by atoms with Gasteiger partial charge in [-0.3, -0.25) is 0 Å². The van der Waals surface area contributed by atoms with Gasteiger partial charge in [0.2, 0.25) is 5.13 Å². The van der Waals surface area contributed by atoms with Crippen LogP contribution in [-0.2, 0) is 5.75 Å². The highest BCUT2D eigenvalue weighted by molar-refractivity contribution is 8.00. The Hall–Kier alpha value is -0.780. The van der Waals surface area contributed by atoms with Gasteiger partial charge >= 0.3 is 0 Å². The number of thioether (sulfide) groups is 1. The summed E-state index contributed by atoms with van der Waals surface area (Å²) in [7, 11) is 0. The normalized spacial score (nSPS) is 14.7. The molecule has 1 aliphatic rings. The largest absolute Gasteiger partial charge is 0.357 e. The molecule has 1 N–H and O–H groups in total. The fourth-order valence-electron chi connectivity index (χ4n) is 1.45. The molecule has 94 valence electrons. The van der Waals surface area contributed by atoms with Crippen LogP contribution in [-0.4, -0.2) is 16.2 Å². The number of halogens is 1. The van der Waals surface area contributed by atoms with Crippen LogP contribution in [0.3, 0.4) is 0 Å². The Labute approximate surface area is 119 Å². The summed E-state index contributed by atoms with van der Waals surface area (Å²) in [4.78, 5) is 0. The van der Waals surface area contributed by atoms with Gasteiger partial charge in [-0.05, 0) is 30.5 Å². The number of aromatic nitrogens is 2. The Kier molecular flexibility index (Phi) is 3.72. The first-order chi connectivity index (χ1) is 8.79. The number of nitrogens with one attached hydrogen (secondary N) is 1. The van der Waals surface area contributed by atoms with Gasteiger partial charge in [0.15, 0.2) is 4.34 Å². The maximum absolute atomic E-state index is 5.85. The Bertz CT molecular complexity index is 522. The third-order valence-electron chi connectivity index (χ3n) is 2.59. The molecule has 1 saturated carbocycles. The average Bonchev–Trinajstić information content (AvgIpc) is 3.07. The lowest BCUT2D eigenvalue weighted by Gasteiger charge is -1.98. The van der Waals surface area contributed by atoms with Crippen LogP contribution in [0, 0.1) is 0 Å². The van der Waals surface area contributed by atoms with Gasteiger partial charge in [0, 0.05) is 16.8 Å². The van der Waals surface area contributed by atoms with Gasteiger partial charge in [0.05, 0.1) is 0 Å². The van der Waals surface area contributed by atoms with E-state index in [2.05, 4.69) is 15.5 Å². The first kappa shape index (κ1) is 12.3.